The molecule has 152 valence electrons. The van der Waals surface area contributed by atoms with Gasteiger partial charge in [-0.1, -0.05) is 12.1 Å². The number of fused-ring (bicyclic) bond motifs is 1. The third kappa shape index (κ3) is 2.87. The smallest absolute Gasteiger partial charge is 0.330 e. The lowest BCUT2D eigenvalue weighted by molar-refractivity contribution is -0.384. The van der Waals surface area contributed by atoms with Gasteiger partial charge in [-0.25, -0.2) is 4.79 Å². The topological polar surface area (TPSA) is 101 Å². The summed E-state index contributed by atoms with van der Waals surface area (Å²) in [5.74, 6) is 0.663. The molecule has 0 fully saturated rings. The second-order valence-electron chi connectivity index (χ2n) is 6.82. The van der Waals surface area contributed by atoms with Gasteiger partial charge in [-0.05, 0) is 24.3 Å². The van der Waals surface area contributed by atoms with Crippen molar-refractivity contribution in [3.8, 4) is 22.7 Å². The summed E-state index contributed by atoms with van der Waals surface area (Å²) < 4.78 is 9.38. The Hall–Kier alpha value is -4.14. The highest BCUT2D eigenvalue weighted by atomic mass is 16.6. The van der Waals surface area contributed by atoms with Gasteiger partial charge in [0.25, 0.3) is 11.2 Å². The normalized spacial score (nSPS) is 11.0. The van der Waals surface area contributed by atoms with Gasteiger partial charge in [-0.3, -0.25) is 24.0 Å². The molecule has 30 heavy (non-hydrogen) atoms. The minimum Gasteiger partial charge on any atom is -0.497 e. The molecule has 0 aliphatic rings. The van der Waals surface area contributed by atoms with Crippen molar-refractivity contribution >= 4 is 16.6 Å². The number of nitrogens with zero attached hydrogens (tertiary/aromatic N) is 4. The molecule has 0 N–H and O–H groups in total. The van der Waals surface area contributed by atoms with Gasteiger partial charge in [0.2, 0.25) is 0 Å². The molecule has 9 nitrogen and oxygen atoms in total. The van der Waals surface area contributed by atoms with E-state index in [1.807, 2.05) is 0 Å². The van der Waals surface area contributed by atoms with Gasteiger partial charge < -0.3 is 9.30 Å². The highest BCUT2D eigenvalue weighted by Gasteiger charge is 2.21. The molecule has 4 rings (SSSR count). The monoisotopic (exact) mass is 406 g/mol. The Balaban J connectivity index is 2.15. The van der Waals surface area contributed by atoms with Crippen molar-refractivity contribution in [3.63, 3.8) is 0 Å². The number of aryl methyl sites for hydroxylation is 1. The predicted molar refractivity (Wildman–Crippen MR) is 112 cm³/mol. The first-order chi connectivity index (χ1) is 14.3. The molecule has 0 aliphatic carbocycles. The Morgan fingerprint density at radius 2 is 1.70 bits per heavy atom. The molecular formula is C21H18N4O5. The van der Waals surface area contributed by atoms with E-state index in [4.69, 9.17) is 4.74 Å². The van der Waals surface area contributed by atoms with Gasteiger partial charge in [-0.15, -0.1) is 0 Å². The van der Waals surface area contributed by atoms with Crippen molar-refractivity contribution in [2.24, 2.45) is 14.1 Å². The number of hydrogen-bond donors (Lipinski definition) is 0. The van der Waals surface area contributed by atoms with E-state index in [1.165, 1.54) is 23.7 Å². The van der Waals surface area contributed by atoms with Crippen LogP contribution in [-0.2, 0) is 14.1 Å². The van der Waals surface area contributed by atoms with Crippen molar-refractivity contribution in [1.82, 2.24) is 13.7 Å². The molecule has 0 amide bonds. The van der Waals surface area contributed by atoms with E-state index in [1.54, 1.807) is 61.3 Å². The number of nitro benzene ring substituents is 1. The number of rotatable bonds is 4. The molecule has 0 aliphatic heterocycles. The minimum absolute atomic E-state index is 0.0928. The first-order valence-electron chi connectivity index (χ1n) is 9.04. The molecule has 2 aromatic carbocycles. The molecule has 4 aromatic rings. The summed E-state index contributed by atoms with van der Waals surface area (Å²) in [5, 5.41) is 11.6. The number of benzene rings is 2. The van der Waals surface area contributed by atoms with Gasteiger partial charge in [0, 0.05) is 43.7 Å². The molecule has 0 saturated heterocycles. The van der Waals surface area contributed by atoms with E-state index in [-0.39, 0.29) is 5.69 Å². The average Bonchev–Trinajstić information content (AvgIpc) is 3.17. The maximum Gasteiger partial charge on any atom is 0.330 e. The van der Waals surface area contributed by atoms with E-state index in [9.17, 15) is 19.7 Å². The maximum absolute atomic E-state index is 13.0. The fraction of sp³-hybridized carbons (Fsp3) is 0.143. The third-order valence-electron chi connectivity index (χ3n) is 5.12. The molecule has 0 spiro atoms. The fourth-order valence-electron chi connectivity index (χ4n) is 3.54. The van der Waals surface area contributed by atoms with E-state index in [0.29, 0.717) is 33.6 Å². The second-order valence-corrected chi connectivity index (χ2v) is 6.82. The first-order valence-corrected chi connectivity index (χ1v) is 9.04. The Labute approximate surface area is 170 Å². The van der Waals surface area contributed by atoms with Crippen LogP contribution < -0.4 is 16.0 Å². The summed E-state index contributed by atoms with van der Waals surface area (Å²) in [5.41, 5.74) is 1.08. The van der Waals surface area contributed by atoms with Crippen molar-refractivity contribution in [2.75, 3.05) is 7.11 Å². The van der Waals surface area contributed by atoms with Gasteiger partial charge in [0.15, 0.2) is 0 Å². The lowest BCUT2D eigenvalue weighted by Crippen LogP contribution is -2.36. The predicted octanol–water partition coefficient (Wildman–Crippen LogP) is 2.61. The molecule has 0 saturated carbocycles. The quantitative estimate of drug-likeness (QED) is 0.383. The Bertz CT molecular complexity index is 1410. The summed E-state index contributed by atoms with van der Waals surface area (Å²) in [6.45, 7) is 0. The van der Waals surface area contributed by atoms with Crippen LogP contribution in [0, 0.1) is 10.1 Å². The van der Waals surface area contributed by atoms with Crippen LogP contribution in [0.5, 0.6) is 5.75 Å². The van der Waals surface area contributed by atoms with Crippen LogP contribution >= 0.6 is 0 Å². The van der Waals surface area contributed by atoms with Crippen LogP contribution in [-0.4, -0.2) is 25.7 Å². The van der Waals surface area contributed by atoms with Gasteiger partial charge in [0.05, 0.1) is 28.6 Å². The number of non-ortho nitro benzene ring substituents is 1. The molecule has 0 unspecified atom stereocenters. The molecule has 2 aromatic heterocycles. The standard InChI is InChI=1S/C21H18N4O5/c1-22-17-12-24(14-7-9-16(30-3)10-8-14)19(18(17)20(26)23(2)21(22)27)13-5-4-6-15(11-13)25(28)29/h4-12H,1-3H3. The summed E-state index contributed by atoms with van der Waals surface area (Å²) in [6.07, 6.45) is 1.69. The zero-order chi connectivity index (χ0) is 21.6. The summed E-state index contributed by atoms with van der Waals surface area (Å²) >= 11 is 0. The molecule has 0 bridgehead atoms. The number of aromatic nitrogens is 3. The third-order valence-corrected chi connectivity index (χ3v) is 5.12. The largest absolute Gasteiger partial charge is 0.497 e. The minimum atomic E-state index is -0.486. The maximum atomic E-state index is 13.0. The van der Waals surface area contributed by atoms with Crippen molar-refractivity contribution in [2.45, 2.75) is 0 Å². The van der Waals surface area contributed by atoms with Crippen LogP contribution in [0.1, 0.15) is 0 Å². The van der Waals surface area contributed by atoms with E-state index in [0.717, 1.165) is 4.57 Å². The van der Waals surface area contributed by atoms with Crippen molar-refractivity contribution in [1.29, 1.82) is 0 Å². The summed E-state index contributed by atoms with van der Waals surface area (Å²) in [4.78, 5) is 36.3. The zero-order valence-corrected chi connectivity index (χ0v) is 16.5. The summed E-state index contributed by atoms with van der Waals surface area (Å²) in [6, 6.07) is 13.2. The molecule has 9 heteroatoms. The molecule has 0 radical (unpaired) electrons. The highest BCUT2D eigenvalue weighted by molar-refractivity contribution is 5.95. The lowest BCUT2D eigenvalue weighted by Gasteiger charge is -2.11. The molecule has 0 atom stereocenters. The van der Waals surface area contributed by atoms with Crippen LogP contribution in [0.15, 0.2) is 64.3 Å². The zero-order valence-electron chi connectivity index (χ0n) is 16.5. The van der Waals surface area contributed by atoms with E-state index >= 15 is 0 Å². The Morgan fingerprint density at radius 3 is 2.33 bits per heavy atom. The molecular weight excluding hydrogens is 388 g/mol. The van der Waals surface area contributed by atoms with E-state index in [2.05, 4.69) is 0 Å². The summed E-state index contributed by atoms with van der Waals surface area (Å²) in [7, 11) is 4.55. The second kappa shape index (κ2) is 7.03. The van der Waals surface area contributed by atoms with Crippen LogP contribution in [0.4, 0.5) is 5.69 Å². The highest BCUT2D eigenvalue weighted by Crippen LogP contribution is 2.33. The van der Waals surface area contributed by atoms with Gasteiger partial charge in [-0.2, -0.15) is 0 Å². The van der Waals surface area contributed by atoms with Crippen molar-refractivity contribution < 1.29 is 9.66 Å². The lowest BCUT2D eigenvalue weighted by atomic mass is 10.1. The van der Waals surface area contributed by atoms with Crippen LogP contribution in [0.25, 0.3) is 27.8 Å². The average molecular weight is 406 g/mol. The van der Waals surface area contributed by atoms with Crippen LogP contribution in [0.2, 0.25) is 0 Å². The van der Waals surface area contributed by atoms with Crippen LogP contribution in [0.3, 0.4) is 0 Å². The van der Waals surface area contributed by atoms with Crippen molar-refractivity contribution in [3.05, 3.63) is 85.7 Å². The van der Waals surface area contributed by atoms with Gasteiger partial charge >= 0.3 is 5.69 Å². The fourth-order valence-corrected chi connectivity index (χ4v) is 3.54. The number of nitro groups is 1. The molecule has 2 heterocycles. The Morgan fingerprint density at radius 1 is 1.00 bits per heavy atom. The number of ether oxygens (including phenoxy) is 1. The number of hydrogen-bond acceptors (Lipinski definition) is 5. The van der Waals surface area contributed by atoms with E-state index < -0.39 is 16.2 Å². The SMILES string of the molecule is COc1ccc(-n2cc3c(c2-c2cccc([N+](=O)[O-])c2)c(=O)n(C)c(=O)n3C)cc1. The van der Waals surface area contributed by atoms with Gasteiger partial charge in [0.1, 0.15) is 5.75 Å². The number of methoxy groups -OCH3 is 1. The Kier molecular flexibility index (Phi) is 4.50. The first kappa shape index (κ1) is 19.2.